The van der Waals surface area contributed by atoms with E-state index in [1.165, 1.54) is 80.5 Å². The summed E-state index contributed by atoms with van der Waals surface area (Å²) in [4.78, 5) is 0. The summed E-state index contributed by atoms with van der Waals surface area (Å²) in [6.45, 7) is 22.7. The Labute approximate surface area is 246 Å². The Morgan fingerprint density at radius 3 is 1.25 bits per heavy atom. The van der Waals surface area contributed by atoms with Crippen LogP contribution in [0.5, 0.6) is 0 Å². The lowest BCUT2D eigenvalue weighted by atomic mass is 9.86. The fraction of sp³-hybridized carbons (Fsp3) is 0.405. The van der Waals surface area contributed by atoms with E-state index in [1.54, 1.807) is 16.7 Å². The number of hydrogen-bond donors (Lipinski definition) is 0. The quantitative estimate of drug-likeness (QED) is 0.120. The predicted octanol–water partition coefficient (Wildman–Crippen LogP) is 11.9. The number of hydrogen-bond acceptors (Lipinski definition) is 0. The zero-order valence-electron chi connectivity index (χ0n) is 26.6. The highest BCUT2D eigenvalue weighted by atomic mass is 28.3. The molecule has 0 radical (unpaired) electrons. The highest BCUT2D eigenvalue weighted by Gasteiger charge is 2.22. The molecule has 5 rings (SSSR count). The fourth-order valence-electron chi connectivity index (χ4n) is 6.31. The van der Waals surface area contributed by atoms with Gasteiger partial charge in [-0.05, 0) is 97.2 Å². The van der Waals surface area contributed by atoms with Crippen LogP contribution in [-0.4, -0.2) is 24.2 Å². The van der Waals surface area contributed by atoms with Crippen LogP contribution < -0.4 is 0 Å². The monoisotopic (exact) mass is 578 g/mol. The summed E-state index contributed by atoms with van der Waals surface area (Å²) in [5, 5.41) is 11.8. The molecule has 0 fully saturated rings. The lowest BCUT2D eigenvalue weighted by molar-refractivity contribution is 1.10. The van der Waals surface area contributed by atoms with Gasteiger partial charge in [0.15, 0.2) is 0 Å². The van der Waals surface area contributed by atoms with Gasteiger partial charge in [0.25, 0.3) is 0 Å². The van der Waals surface area contributed by atoms with E-state index in [-0.39, 0.29) is 0 Å². The van der Waals surface area contributed by atoms with Crippen LogP contribution in [0.25, 0.3) is 43.1 Å². The van der Waals surface area contributed by atoms with Crippen LogP contribution in [0.4, 0.5) is 0 Å². The Balaban J connectivity index is 1.87. The standard InChI is InChI=1S/C37H50Si3/c1-38(2,3)21-18-32-29-15-11-10-14-27(29)24-28-25-36-33(19-22-39(4,5)6)30-16-12-13-17-31(30)34(20-23-40(7,8)9)37(36)26-35(28)32/h10-17,24-26H,18-23H2,1-9H3. The van der Waals surface area contributed by atoms with Crippen molar-refractivity contribution >= 4 is 67.3 Å². The lowest BCUT2D eigenvalue weighted by Crippen LogP contribution is -2.21. The summed E-state index contributed by atoms with van der Waals surface area (Å²) in [6.07, 6.45) is 3.55. The molecule has 3 heteroatoms. The van der Waals surface area contributed by atoms with E-state index < -0.39 is 24.2 Å². The molecule has 0 aliphatic carbocycles. The Bertz CT molecular complexity index is 1690. The van der Waals surface area contributed by atoms with Gasteiger partial charge in [-0.3, -0.25) is 0 Å². The molecule has 0 atom stereocenters. The predicted molar refractivity (Wildman–Crippen MR) is 192 cm³/mol. The molecule has 40 heavy (non-hydrogen) atoms. The van der Waals surface area contributed by atoms with Gasteiger partial charge in [0, 0.05) is 24.2 Å². The molecule has 5 aromatic rings. The van der Waals surface area contributed by atoms with Crippen molar-refractivity contribution in [3.63, 3.8) is 0 Å². The van der Waals surface area contributed by atoms with Gasteiger partial charge < -0.3 is 0 Å². The Hall–Kier alpha value is -2.21. The maximum absolute atomic E-state index is 2.64. The molecule has 0 aliphatic heterocycles. The number of aryl methyl sites for hydroxylation is 3. The van der Waals surface area contributed by atoms with E-state index in [1.807, 2.05) is 0 Å². The second-order valence-corrected chi connectivity index (χ2v) is 32.7. The van der Waals surface area contributed by atoms with Crippen molar-refractivity contribution in [3.05, 3.63) is 83.4 Å². The van der Waals surface area contributed by atoms with E-state index in [0.717, 1.165) is 0 Å². The first-order chi connectivity index (χ1) is 18.7. The molecular weight excluding hydrogens is 529 g/mol. The summed E-state index contributed by atoms with van der Waals surface area (Å²) in [7, 11) is -3.56. The molecule has 0 N–H and O–H groups in total. The van der Waals surface area contributed by atoms with Crippen LogP contribution in [0.2, 0.25) is 77.1 Å². The third-order valence-electron chi connectivity index (χ3n) is 8.71. The normalized spacial score (nSPS) is 13.2. The van der Waals surface area contributed by atoms with Gasteiger partial charge in [0.05, 0.1) is 0 Å². The smallest absolute Gasteiger partial charge is 0.0445 e. The molecule has 0 saturated carbocycles. The number of fused-ring (bicyclic) bond motifs is 4. The van der Waals surface area contributed by atoms with Gasteiger partial charge in [-0.15, -0.1) is 0 Å². The van der Waals surface area contributed by atoms with E-state index in [9.17, 15) is 0 Å². The minimum Gasteiger partial charge on any atom is -0.0695 e. The molecule has 0 spiro atoms. The Kier molecular flexibility index (Phi) is 7.97. The summed E-state index contributed by atoms with van der Waals surface area (Å²) in [5.74, 6) is 0. The SMILES string of the molecule is C[Si](C)(C)CCc1c2ccccc2cc2cc3c(CC[Si](C)(C)C)c4ccccc4c(CC[Si](C)(C)C)c3cc12. The number of rotatable bonds is 9. The summed E-state index contributed by atoms with van der Waals surface area (Å²) in [6, 6.07) is 30.2. The minimum atomic E-state index is -1.19. The minimum absolute atomic E-state index is 1.18. The largest absolute Gasteiger partial charge is 0.0695 e. The second kappa shape index (κ2) is 10.9. The zero-order valence-corrected chi connectivity index (χ0v) is 29.6. The van der Waals surface area contributed by atoms with Crippen LogP contribution in [0.3, 0.4) is 0 Å². The first-order valence-electron chi connectivity index (χ1n) is 15.5. The molecule has 0 bridgehead atoms. The third-order valence-corrected chi connectivity index (χ3v) is 14.0. The molecular formula is C37H50Si3. The highest BCUT2D eigenvalue weighted by molar-refractivity contribution is 6.76. The maximum atomic E-state index is 2.64. The highest BCUT2D eigenvalue weighted by Crippen LogP contribution is 2.40. The second-order valence-electron chi connectivity index (χ2n) is 15.9. The molecule has 5 aromatic carbocycles. The average Bonchev–Trinajstić information content (AvgIpc) is 2.85. The molecule has 0 saturated heterocycles. The van der Waals surface area contributed by atoms with Gasteiger partial charge in [-0.25, -0.2) is 0 Å². The van der Waals surface area contributed by atoms with E-state index in [2.05, 4.69) is 126 Å². The van der Waals surface area contributed by atoms with E-state index in [4.69, 9.17) is 0 Å². The third kappa shape index (κ3) is 6.48. The van der Waals surface area contributed by atoms with Crippen LogP contribution in [0, 0.1) is 0 Å². The zero-order chi connectivity index (χ0) is 28.9. The van der Waals surface area contributed by atoms with Crippen LogP contribution >= 0.6 is 0 Å². The summed E-state index contributed by atoms with van der Waals surface area (Å²) < 4.78 is 0. The maximum Gasteiger partial charge on any atom is 0.0445 e. The summed E-state index contributed by atoms with van der Waals surface area (Å²) in [5.41, 5.74) is 4.75. The molecule has 0 heterocycles. The molecule has 0 aliphatic rings. The molecule has 0 aromatic heterocycles. The van der Waals surface area contributed by atoms with Crippen molar-refractivity contribution in [3.8, 4) is 0 Å². The van der Waals surface area contributed by atoms with Crippen molar-refractivity contribution < 1.29 is 0 Å². The van der Waals surface area contributed by atoms with Gasteiger partial charge in [0.1, 0.15) is 0 Å². The van der Waals surface area contributed by atoms with Gasteiger partial charge in [-0.2, -0.15) is 0 Å². The molecule has 0 nitrogen and oxygen atoms in total. The van der Waals surface area contributed by atoms with Gasteiger partial charge >= 0.3 is 0 Å². The van der Waals surface area contributed by atoms with E-state index in [0.29, 0.717) is 0 Å². The van der Waals surface area contributed by atoms with Crippen LogP contribution in [0.1, 0.15) is 16.7 Å². The Morgan fingerprint density at radius 1 is 0.375 bits per heavy atom. The molecule has 0 amide bonds. The first kappa shape index (κ1) is 29.3. The lowest BCUT2D eigenvalue weighted by Gasteiger charge is -2.23. The van der Waals surface area contributed by atoms with Crippen molar-refractivity contribution in [2.75, 3.05) is 0 Å². The molecule has 0 unspecified atom stereocenters. The van der Waals surface area contributed by atoms with E-state index >= 15 is 0 Å². The molecule has 210 valence electrons. The van der Waals surface area contributed by atoms with Crippen LogP contribution in [0.15, 0.2) is 66.7 Å². The van der Waals surface area contributed by atoms with Gasteiger partial charge in [-0.1, -0.05) is 126 Å². The first-order valence-corrected chi connectivity index (χ1v) is 26.6. The van der Waals surface area contributed by atoms with Crippen molar-refractivity contribution in [2.45, 2.75) is 96.3 Å². The topological polar surface area (TPSA) is 0 Å². The van der Waals surface area contributed by atoms with Crippen molar-refractivity contribution in [1.82, 2.24) is 0 Å². The summed E-state index contributed by atoms with van der Waals surface area (Å²) >= 11 is 0. The van der Waals surface area contributed by atoms with Gasteiger partial charge in [0.2, 0.25) is 0 Å². The van der Waals surface area contributed by atoms with Crippen molar-refractivity contribution in [1.29, 1.82) is 0 Å². The van der Waals surface area contributed by atoms with Crippen molar-refractivity contribution in [2.24, 2.45) is 0 Å². The average molecular weight is 579 g/mol. The van der Waals surface area contributed by atoms with Crippen LogP contribution in [-0.2, 0) is 19.3 Å². The Morgan fingerprint density at radius 2 is 0.775 bits per heavy atom. The number of benzene rings is 5. The fourth-order valence-corrected chi connectivity index (χ4v) is 9.31.